The first-order valence-corrected chi connectivity index (χ1v) is 6.80. The third-order valence-corrected chi connectivity index (χ3v) is 4.20. The number of hydrogen-bond acceptors (Lipinski definition) is 2. The Kier molecular flexibility index (Phi) is 4.23. The van der Waals surface area contributed by atoms with Gasteiger partial charge in [-0.05, 0) is 32.9 Å². The average Bonchev–Trinajstić information content (AvgIpc) is 2.38. The highest BCUT2D eigenvalue weighted by Gasteiger charge is 2.24. The fraction of sp³-hybridized carbons (Fsp3) is 0.600. The van der Waals surface area contributed by atoms with Crippen molar-refractivity contribution in [3.63, 3.8) is 0 Å². The monoisotopic (exact) mass is 251 g/mol. The standard InChI is InChI=1S/C15H22FNO/c1-11(14-9-8-12(16)10-15(14)18)17(2)13-6-4-3-5-7-13/h8-11,13,18H,3-7H2,1-2H3. The van der Waals surface area contributed by atoms with E-state index in [1.807, 2.05) is 0 Å². The van der Waals surface area contributed by atoms with Crippen molar-refractivity contribution in [1.82, 2.24) is 4.90 Å². The SMILES string of the molecule is CC(c1ccc(F)cc1O)N(C)C1CCCCC1. The van der Waals surface area contributed by atoms with Crippen LogP contribution in [0.4, 0.5) is 4.39 Å². The Morgan fingerprint density at radius 1 is 1.28 bits per heavy atom. The Labute approximate surface area is 108 Å². The van der Waals surface area contributed by atoms with Crippen LogP contribution in [0.3, 0.4) is 0 Å². The number of nitrogens with zero attached hydrogens (tertiary/aromatic N) is 1. The van der Waals surface area contributed by atoms with Crippen LogP contribution < -0.4 is 0 Å². The highest BCUT2D eigenvalue weighted by molar-refractivity contribution is 5.35. The molecule has 1 unspecified atom stereocenters. The van der Waals surface area contributed by atoms with Gasteiger partial charge in [-0.15, -0.1) is 0 Å². The van der Waals surface area contributed by atoms with Crippen LogP contribution >= 0.6 is 0 Å². The predicted molar refractivity (Wildman–Crippen MR) is 71.1 cm³/mol. The Morgan fingerprint density at radius 3 is 2.56 bits per heavy atom. The zero-order valence-electron chi connectivity index (χ0n) is 11.2. The predicted octanol–water partition coefficient (Wildman–Crippen LogP) is 3.86. The first-order valence-electron chi connectivity index (χ1n) is 6.80. The molecule has 18 heavy (non-hydrogen) atoms. The van der Waals surface area contributed by atoms with Crippen molar-refractivity contribution >= 4 is 0 Å². The Bertz CT molecular complexity index is 401. The van der Waals surface area contributed by atoms with Crippen molar-refractivity contribution in [2.75, 3.05) is 7.05 Å². The minimum atomic E-state index is -0.385. The van der Waals surface area contributed by atoms with Crippen LogP contribution in [0.25, 0.3) is 0 Å². The van der Waals surface area contributed by atoms with Crippen LogP contribution in [0, 0.1) is 5.82 Å². The molecule has 0 amide bonds. The summed E-state index contributed by atoms with van der Waals surface area (Å²) in [5.74, 6) is -0.325. The number of hydrogen-bond donors (Lipinski definition) is 1. The van der Waals surface area contributed by atoms with Gasteiger partial charge in [-0.3, -0.25) is 4.90 Å². The second-order valence-electron chi connectivity index (χ2n) is 5.34. The molecule has 0 heterocycles. The van der Waals surface area contributed by atoms with Gasteiger partial charge in [-0.25, -0.2) is 4.39 Å². The molecule has 0 bridgehead atoms. The van der Waals surface area contributed by atoms with Gasteiger partial charge in [0.25, 0.3) is 0 Å². The second kappa shape index (κ2) is 5.70. The van der Waals surface area contributed by atoms with Gasteiger partial charge in [0.2, 0.25) is 0 Å². The molecule has 2 rings (SSSR count). The normalized spacial score (nSPS) is 19.1. The van der Waals surface area contributed by atoms with Crippen LogP contribution in [0.1, 0.15) is 50.6 Å². The van der Waals surface area contributed by atoms with Gasteiger partial charge in [-0.2, -0.15) is 0 Å². The minimum absolute atomic E-state index is 0.0603. The van der Waals surface area contributed by atoms with Gasteiger partial charge in [0, 0.05) is 23.7 Å². The van der Waals surface area contributed by atoms with Crippen LogP contribution in [0.15, 0.2) is 18.2 Å². The number of phenolic OH excluding ortho intramolecular Hbond substituents is 1. The van der Waals surface area contributed by atoms with Crippen molar-refractivity contribution in [3.8, 4) is 5.75 Å². The van der Waals surface area contributed by atoms with Gasteiger partial charge in [0.15, 0.2) is 0 Å². The molecular formula is C15H22FNO. The minimum Gasteiger partial charge on any atom is -0.508 e. The van der Waals surface area contributed by atoms with Gasteiger partial charge in [0.1, 0.15) is 11.6 Å². The van der Waals surface area contributed by atoms with Crippen LogP contribution in [-0.4, -0.2) is 23.1 Å². The summed E-state index contributed by atoms with van der Waals surface area (Å²) in [6, 6.07) is 5.00. The van der Waals surface area contributed by atoms with Gasteiger partial charge in [-0.1, -0.05) is 25.3 Å². The smallest absolute Gasteiger partial charge is 0.126 e. The molecule has 1 atom stereocenters. The lowest BCUT2D eigenvalue weighted by Crippen LogP contribution is -2.35. The maximum Gasteiger partial charge on any atom is 0.126 e. The van der Waals surface area contributed by atoms with Crippen molar-refractivity contribution in [2.45, 2.75) is 51.1 Å². The topological polar surface area (TPSA) is 23.5 Å². The number of rotatable bonds is 3. The molecule has 0 aromatic heterocycles. The lowest BCUT2D eigenvalue weighted by Gasteiger charge is -2.36. The van der Waals surface area contributed by atoms with Gasteiger partial charge >= 0.3 is 0 Å². The van der Waals surface area contributed by atoms with Crippen molar-refractivity contribution in [3.05, 3.63) is 29.6 Å². The van der Waals surface area contributed by atoms with E-state index in [2.05, 4.69) is 18.9 Å². The van der Waals surface area contributed by atoms with E-state index in [0.717, 1.165) is 5.56 Å². The lowest BCUT2D eigenvalue weighted by molar-refractivity contribution is 0.145. The molecule has 0 spiro atoms. The molecule has 2 nitrogen and oxygen atoms in total. The molecule has 1 aromatic carbocycles. The summed E-state index contributed by atoms with van der Waals surface area (Å²) < 4.78 is 13.0. The van der Waals surface area contributed by atoms with Crippen LogP contribution in [0.2, 0.25) is 0 Å². The summed E-state index contributed by atoms with van der Waals surface area (Å²) in [6.07, 6.45) is 6.36. The molecule has 1 fully saturated rings. The molecule has 0 saturated heterocycles. The van der Waals surface area contributed by atoms with E-state index in [1.54, 1.807) is 6.07 Å². The molecule has 1 aliphatic rings. The van der Waals surface area contributed by atoms with Crippen LogP contribution in [-0.2, 0) is 0 Å². The van der Waals surface area contributed by atoms with E-state index in [0.29, 0.717) is 6.04 Å². The van der Waals surface area contributed by atoms with Gasteiger partial charge in [0.05, 0.1) is 0 Å². The number of halogens is 1. The molecular weight excluding hydrogens is 229 g/mol. The molecule has 0 radical (unpaired) electrons. The average molecular weight is 251 g/mol. The molecule has 1 saturated carbocycles. The van der Waals surface area contributed by atoms with Crippen molar-refractivity contribution in [2.24, 2.45) is 0 Å². The van der Waals surface area contributed by atoms with Crippen molar-refractivity contribution in [1.29, 1.82) is 0 Å². The fourth-order valence-electron chi connectivity index (χ4n) is 2.89. The Morgan fingerprint density at radius 2 is 1.94 bits per heavy atom. The summed E-state index contributed by atoms with van der Waals surface area (Å²) in [4.78, 5) is 2.31. The van der Waals surface area contributed by atoms with E-state index in [9.17, 15) is 9.50 Å². The zero-order chi connectivity index (χ0) is 13.1. The highest BCUT2D eigenvalue weighted by atomic mass is 19.1. The Hall–Kier alpha value is -1.09. The quantitative estimate of drug-likeness (QED) is 0.881. The van der Waals surface area contributed by atoms with Gasteiger partial charge < -0.3 is 5.11 Å². The van der Waals surface area contributed by atoms with E-state index in [1.165, 1.54) is 44.2 Å². The summed E-state index contributed by atoms with van der Waals surface area (Å²) in [5.41, 5.74) is 0.810. The number of aromatic hydroxyl groups is 1. The van der Waals surface area contributed by atoms with E-state index >= 15 is 0 Å². The molecule has 1 N–H and O–H groups in total. The van der Waals surface area contributed by atoms with E-state index in [-0.39, 0.29) is 17.6 Å². The maximum absolute atomic E-state index is 13.0. The number of benzene rings is 1. The van der Waals surface area contributed by atoms with E-state index < -0.39 is 0 Å². The number of phenols is 1. The molecule has 1 aromatic rings. The lowest BCUT2D eigenvalue weighted by atomic mass is 9.92. The molecule has 1 aliphatic carbocycles. The third kappa shape index (κ3) is 2.83. The summed E-state index contributed by atoms with van der Waals surface area (Å²) in [5, 5.41) is 9.84. The highest BCUT2D eigenvalue weighted by Crippen LogP contribution is 2.32. The first kappa shape index (κ1) is 13.3. The van der Waals surface area contributed by atoms with Crippen molar-refractivity contribution < 1.29 is 9.50 Å². The zero-order valence-corrected chi connectivity index (χ0v) is 11.2. The summed E-state index contributed by atoms with van der Waals surface area (Å²) in [6.45, 7) is 2.07. The summed E-state index contributed by atoms with van der Waals surface area (Å²) in [7, 11) is 2.10. The second-order valence-corrected chi connectivity index (χ2v) is 5.34. The molecule has 3 heteroatoms. The first-order chi connectivity index (χ1) is 8.59. The molecule has 100 valence electrons. The van der Waals surface area contributed by atoms with Crippen LogP contribution in [0.5, 0.6) is 5.75 Å². The van der Waals surface area contributed by atoms with E-state index in [4.69, 9.17) is 0 Å². The Balaban J connectivity index is 2.11. The molecule has 0 aliphatic heterocycles. The largest absolute Gasteiger partial charge is 0.508 e. The maximum atomic E-state index is 13.0. The fourth-order valence-corrected chi connectivity index (χ4v) is 2.89. The summed E-state index contributed by atoms with van der Waals surface area (Å²) >= 11 is 0. The third-order valence-electron chi connectivity index (χ3n) is 4.20.